The zero-order valence-electron chi connectivity index (χ0n) is 11.2. The van der Waals surface area contributed by atoms with Gasteiger partial charge in [0.2, 0.25) is 0 Å². The number of para-hydroxylation sites is 1. The molecule has 2 aromatic heterocycles. The van der Waals surface area contributed by atoms with Crippen molar-refractivity contribution in [2.45, 2.75) is 13.0 Å². The first-order valence-corrected chi connectivity index (χ1v) is 6.63. The summed E-state index contributed by atoms with van der Waals surface area (Å²) in [5.41, 5.74) is 1.78. The summed E-state index contributed by atoms with van der Waals surface area (Å²) < 4.78 is 5.48. The molecule has 102 valence electrons. The molecule has 0 saturated carbocycles. The smallest absolute Gasteiger partial charge is 0.126 e. The molecule has 0 amide bonds. The maximum absolute atomic E-state index is 5.48. The van der Waals surface area contributed by atoms with Crippen LogP contribution in [0, 0.1) is 0 Å². The van der Waals surface area contributed by atoms with E-state index in [9.17, 15) is 0 Å². The van der Waals surface area contributed by atoms with E-state index >= 15 is 0 Å². The molecule has 0 spiro atoms. The van der Waals surface area contributed by atoms with E-state index in [1.165, 1.54) is 0 Å². The minimum absolute atomic E-state index is 0.0764. The van der Waals surface area contributed by atoms with Gasteiger partial charge in [-0.05, 0) is 30.8 Å². The van der Waals surface area contributed by atoms with Gasteiger partial charge in [-0.3, -0.25) is 0 Å². The Bertz CT molecular complexity index is 646. The van der Waals surface area contributed by atoms with E-state index in [1.807, 2.05) is 42.5 Å². The van der Waals surface area contributed by atoms with E-state index in [1.54, 1.807) is 17.3 Å². The fraction of sp³-hybridized carbons (Fsp3) is 0.200. The summed E-state index contributed by atoms with van der Waals surface area (Å²) >= 11 is 0. The molecule has 1 unspecified atom stereocenters. The van der Waals surface area contributed by atoms with Crippen LogP contribution in [-0.2, 0) is 0 Å². The maximum atomic E-state index is 5.48. The second-order valence-corrected chi connectivity index (χ2v) is 4.40. The first-order valence-electron chi connectivity index (χ1n) is 6.63. The van der Waals surface area contributed by atoms with Crippen LogP contribution in [0.2, 0.25) is 0 Å². The number of furan rings is 1. The van der Waals surface area contributed by atoms with Crippen LogP contribution in [0.25, 0.3) is 5.69 Å². The van der Waals surface area contributed by atoms with Gasteiger partial charge in [-0.25, -0.2) is 0 Å². The highest BCUT2D eigenvalue weighted by molar-refractivity contribution is 5.29. The third-order valence-corrected chi connectivity index (χ3v) is 3.03. The first-order chi connectivity index (χ1) is 9.88. The third kappa shape index (κ3) is 2.48. The summed E-state index contributed by atoms with van der Waals surface area (Å²) in [5, 5.41) is 12.2. The molecule has 0 bridgehead atoms. The van der Waals surface area contributed by atoms with Gasteiger partial charge >= 0.3 is 0 Å². The number of hydrogen-bond acceptors (Lipinski definition) is 4. The lowest BCUT2D eigenvalue weighted by atomic mass is 10.1. The molecule has 0 aliphatic carbocycles. The molecule has 5 nitrogen and oxygen atoms in total. The summed E-state index contributed by atoms with van der Waals surface area (Å²) in [6.45, 7) is 2.88. The standard InChI is InChI=1S/C15H16N4O/c1-2-16-15(14-9-6-10-20-14)13-11-17-19(18-13)12-7-4-3-5-8-12/h3-11,15-16H,2H2,1H3. The average Bonchev–Trinajstić information content (AvgIpc) is 3.17. The lowest BCUT2D eigenvalue weighted by molar-refractivity contribution is 0.446. The number of hydrogen-bond donors (Lipinski definition) is 1. The van der Waals surface area contributed by atoms with Crippen LogP contribution in [0.1, 0.15) is 24.4 Å². The van der Waals surface area contributed by atoms with E-state index < -0.39 is 0 Å². The predicted octanol–water partition coefficient (Wildman–Crippen LogP) is 2.56. The van der Waals surface area contributed by atoms with Gasteiger partial charge in [0.25, 0.3) is 0 Å². The number of benzene rings is 1. The molecule has 1 aromatic carbocycles. The van der Waals surface area contributed by atoms with Crippen molar-refractivity contribution in [3.8, 4) is 5.69 Å². The van der Waals surface area contributed by atoms with Crippen LogP contribution in [0.5, 0.6) is 0 Å². The Balaban J connectivity index is 1.91. The second kappa shape index (κ2) is 5.71. The van der Waals surface area contributed by atoms with Gasteiger partial charge in [-0.2, -0.15) is 15.0 Å². The van der Waals surface area contributed by atoms with Crippen molar-refractivity contribution in [1.82, 2.24) is 20.3 Å². The van der Waals surface area contributed by atoms with E-state index in [0.717, 1.165) is 23.7 Å². The number of rotatable bonds is 5. The normalized spacial score (nSPS) is 12.4. The fourth-order valence-corrected chi connectivity index (χ4v) is 2.10. The van der Waals surface area contributed by atoms with Crippen molar-refractivity contribution in [3.63, 3.8) is 0 Å². The molecule has 0 aliphatic rings. The van der Waals surface area contributed by atoms with Crippen LogP contribution in [0.4, 0.5) is 0 Å². The summed E-state index contributed by atoms with van der Waals surface area (Å²) in [7, 11) is 0. The number of nitrogens with one attached hydrogen (secondary N) is 1. The molecule has 5 heteroatoms. The third-order valence-electron chi connectivity index (χ3n) is 3.03. The lowest BCUT2D eigenvalue weighted by Crippen LogP contribution is -2.22. The minimum atomic E-state index is -0.0764. The van der Waals surface area contributed by atoms with Crippen LogP contribution >= 0.6 is 0 Å². The Morgan fingerprint density at radius 3 is 2.75 bits per heavy atom. The molecular formula is C15H16N4O. The second-order valence-electron chi connectivity index (χ2n) is 4.40. The molecule has 2 heterocycles. The van der Waals surface area contributed by atoms with Crippen LogP contribution < -0.4 is 5.32 Å². The van der Waals surface area contributed by atoms with Crippen molar-refractivity contribution >= 4 is 0 Å². The summed E-state index contributed by atoms with van der Waals surface area (Å²) in [6.07, 6.45) is 3.43. The van der Waals surface area contributed by atoms with Crippen molar-refractivity contribution in [3.05, 3.63) is 66.4 Å². The Hall–Kier alpha value is -2.40. The molecule has 1 N–H and O–H groups in total. The highest BCUT2D eigenvalue weighted by Gasteiger charge is 2.19. The van der Waals surface area contributed by atoms with Gasteiger partial charge in [0.1, 0.15) is 17.5 Å². The number of aromatic nitrogens is 3. The SMILES string of the molecule is CCNC(c1cnn(-c2ccccc2)n1)c1ccco1. The first kappa shape index (κ1) is 12.6. The molecule has 0 radical (unpaired) electrons. The van der Waals surface area contributed by atoms with Gasteiger partial charge in [-0.1, -0.05) is 25.1 Å². The molecule has 3 rings (SSSR count). The summed E-state index contributed by atoms with van der Waals surface area (Å²) in [5.74, 6) is 0.840. The van der Waals surface area contributed by atoms with Gasteiger partial charge in [0.15, 0.2) is 0 Å². The number of nitrogens with zero attached hydrogens (tertiary/aromatic N) is 3. The van der Waals surface area contributed by atoms with Gasteiger partial charge in [0.05, 0.1) is 18.1 Å². The van der Waals surface area contributed by atoms with E-state index in [2.05, 4.69) is 22.4 Å². The van der Waals surface area contributed by atoms with Crippen molar-refractivity contribution < 1.29 is 4.42 Å². The summed E-state index contributed by atoms with van der Waals surface area (Å²) in [6, 6.07) is 13.6. The summed E-state index contributed by atoms with van der Waals surface area (Å²) in [4.78, 5) is 1.63. The minimum Gasteiger partial charge on any atom is -0.467 e. The average molecular weight is 268 g/mol. The largest absolute Gasteiger partial charge is 0.467 e. The van der Waals surface area contributed by atoms with Crippen LogP contribution in [0.15, 0.2) is 59.3 Å². The topological polar surface area (TPSA) is 55.9 Å². The highest BCUT2D eigenvalue weighted by atomic mass is 16.3. The molecular weight excluding hydrogens is 252 g/mol. The molecule has 0 aliphatic heterocycles. The maximum Gasteiger partial charge on any atom is 0.126 e. The zero-order valence-corrected chi connectivity index (χ0v) is 11.2. The van der Waals surface area contributed by atoms with Gasteiger partial charge in [0, 0.05) is 0 Å². The highest BCUT2D eigenvalue weighted by Crippen LogP contribution is 2.20. The predicted molar refractivity (Wildman–Crippen MR) is 75.6 cm³/mol. The molecule has 3 aromatic rings. The fourth-order valence-electron chi connectivity index (χ4n) is 2.10. The van der Waals surface area contributed by atoms with Crippen molar-refractivity contribution in [2.24, 2.45) is 0 Å². The van der Waals surface area contributed by atoms with Crippen molar-refractivity contribution in [2.75, 3.05) is 6.54 Å². The molecule has 0 saturated heterocycles. The zero-order chi connectivity index (χ0) is 13.8. The van der Waals surface area contributed by atoms with E-state index in [4.69, 9.17) is 4.42 Å². The molecule has 1 atom stereocenters. The van der Waals surface area contributed by atoms with Gasteiger partial charge < -0.3 is 9.73 Å². The Kier molecular flexibility index (Phi) is 3.60. The lowest BCUT2D eigenvalue weighted by Gasteiger charge is -2.12. The molecule has 0 fully saturated rings. The van der Waals surface area contributed by atoms with Gasteiger partial charge in [-0.15, -0.1) is 0 Å². The quantitative estimate of drug-likeness (QED) is 0.772. The van der Waals surface area contributed by atoms with Crippen LogP contribution in [-0.4, -0.2) is 21.5 Å². The Morgan fingerprint density at radius 2 is 2.05 bits per heavy atom. The van der Waals surface area contributed by atoms with E-state index in [0.29, 0.717) is 0 Å². The van der Waals surface area contributed by atoms with Crippen molar-refractivity contribution in [1.29, 1.82) is 0 Å². The molecule has 20 heavy (non-hydrogen) atoms. The Labute approximate surface area is 117 Å². The Morgan fingerprint density at radius 1 is 1.20 bits per heavy atom. The van der Waals surface area contributed by atoms with E-state index in [-0.39, 0.29) is 6.04 Å². The van der Waals surface area contributed by atoms with Crippen LogP contribution in [0.3, 0.4) is 0 Å². The monoisotopic (exact) mass is 268 g/mol.